The second-order valence-electron chi connectivity index (χ2n) is 9.68. The third kappa shape index (κ3) is 9.15. The molecule has 0 atom stereocenters. The highest BCUT2D eigenvalue weighted by Gasteiger charge is 2.19. The monoisotopic (exact) mass is 524 g/mol. The summed E-state index contributed by atoms with van der Waals surface area (Å²) >= 11 is 0. The summed E-state index contributed by atoms with van der Waals surface area (Å²) in [5.41, 5.74) is 7.92. The number of nitrogens with two attached hydrogens (primary N) is 1. The predicted octanol–water partition coefficient (Wildman–Crippen LogP) is 1.71. The molecule has 0 saturated carbocycles. The summed E-state index contributed by atoms with van der Waals surface area (Å²) in [6.07, 6.45) is 3.80. The zero-order valence-electron chi connectivity index (χ0n) is 23.4. The molecule has 0 spiro atoms. The standard InChI is InChI=1S/C27H40N8O3/c1-18(2)35(7)27-19(3)30-24(25(28)38)26(32-27)31-21-11-8-10-20(16-21)13-14-29-22(36)17-34(6)23(37)12-9-15-33(4)5/h8-12,16,18H,13-15,17H2,1-7H3,(H2,28,38)(H,29,36)(H,31,32)/b12-9+. The minimum atomic E-state index is -0.669. The van der Waals surface area contributed by atoms with Crippen molar-refractivity contribution in [2.24, 2.45) is 5.73 Å². The summed E-state index contributed by atoms with van der Waals surface area (Å²) in [5, 5.41) is 6.02. The van der Waals surface area contributed by atoms with E-state index >= 15 is 0 Å². The van der Waals surface area contributed by atoms with Crippen molar-refractivity contribution < 1.29 is 14.4 Å². The van der Waals surface area contributed by atoms with Crippen molar-refractivity contribution in [3.05, 3.63) is 53.4 Å². The van der Waals surface area contributed by atoms with Gasteiger partial charge in [0, 0.05) is 45.0 Å². The van der Waals surface area contributed by atoms with Crippen LogP contribution < -0.4 is 21.3 Å². The first kappa shape index (κ1) is 30.2. The van der Waals surface area contributed by atoms with E-state index in [1.807, 2.05) is 69.1 Å². The van der Waals surface area contributed by atoms with Crippen LogP contribution in [0.2, 0.25) is 0 Å². The van der Waals surface area contributed by atoms with Crippen LogP contribution in [-0.2, 0) is 16.0 Å². The summed E-state index contributed by atoms with van der Waals surface area (Å²) < 4.78 is 0. The molecule has 0 aliphatic heterocycles. The number of hydrogen-bond donors (Lipinski definition) is 3. The van der Waals surface area contributed by atoms with Crippen LogP contribution in [0.25, 0.3) is 0 Å². The fraction of sp³-hybridized carbons (Fsp3) is 0.444. The number of anilines is 3. The van der Waals surface area contributed by atoms with E-state index in [4.69, 9.17) is 5.73 Å². The lowest BCUT2D eigenvalue weighted by Crippen LogP contribution is -2.38. The Bertz CT molecular complexity index is 1160. The Balaban J connectivity index is 2.02. The van der Waals surface area contributed by atoms with Gasteiger partial charge in [0.2, 0.25) is 11.8 Å². The molecule has 0 bridgehead atoms. The fourth-order valence-electron chi connectivity index (χ4n) is 3.48. The first-order valence-corrected chi connectivity index (χ1v) is 12.5. The molecule has 2 aromatic rings. The number of likely N-dealkylation sites (N-methyl/N-ethyl adjacent to an activating group) is 2. The summed E-state index contributed by atoms with van der Waals surface area (Å²) in [5.74, 6) is -0.194. The number of amides is 3. The number of carbonyl (C=O) groups excluding carboxylic acids is 3. The molecule has 38 heavy (non-hydrogen) atoms. The van der Waals surface area contributed by atoms with E-state index in [0.29, 0.717) is 36.7 Å². The van der Waals surface area contributed by atoms with Gasteiger partial charge in [0.1, 0.15) is 0 Å². The van der Waals surface area contributed by atoms with Gasteiger partial charge in [0.05, 0.1) is 12.2 Å². The Morgan fingerprint density at radius 1 is 1.11 bits per heavy atom. The third-order valence-corrected chi connectivity index (χ3v) is 5.80. The number of aryl methyl sites for hydroxylation is 1. The highest BCUT2D eigenvalue weighted by molar-refractivity contribution is 5.96. The Hall–Kier alpha value is -3.99. The number of aromatic nitrogens is 2. The molecule has 1 heterocycles. The maximum Gasteiger partial charge on any atom is 0.271 e. The van der Waals surface area contributed by atoms with E-state index in [-0.39, 0.29) is 35.9 Å². The van der Waals surface area contributed by atoms with Gasteiger partial charge in [-0.05, 0) is 59.0 Å². The molecule has 0 unspecified atom stereocenters. The minimum Gasteiger partial charge on any atom is -0.364 e. The highest BCUT2D eigenvalue weighted by Crippen LogP contribution is 2.25. The molecule has 11 nitrogen and oxygen atoms in total. The first-order valence-electron chi connectivity index (χ1n) is 12.5. The van der Waals surface area contributed by atoms with Gasteiger partial charge in [-0.25, -0.2) is 9.97 Å². The number of benzene rings is 1. The maximum absolute atomic E-state index is 12.3. The fourth-order valence-corrected chi connectivity index (χ4v) is 3.48. The third-order valence-electron chi connectivity index (χ3n) is 5.80. The number of nitrogens with zero attached hydrogens (tertiary/aromatic N) is 5. The van der Waals surface area contributed by atoms with E-state index in [1.54, 1.807) is 20.0 Å². The zero-order chi connectivity index (χ0) is 28.4. The SMILES string of the molecule is Cc1nc(C(N)=O)c(Nc2cccc(CCNC(=O)CN(C)C(=O)/C=C/CN(C)C)c2)nc1N(C)C(C)C. The van der Waals surface area contributed by atoms with Crippen molar-refractivity contribution in [3.63, 3.8) is 0 Å². The molecule has 4 N–H and O–H groups in total. The average molecular weight is 525 g/mol. The molecular weight excluding hydrogens is 484 g/mol. The van der Waals surface area contributed by atoms with Gasteiger partial charge in [0.15, 0.2) is 17.3 Å². The van der Waals surface area contributed by atoms with Crippen molar-refractivity contribution in [3.8, 4) is 0 Å². The van der Waals surface area contributed by atoms with Crippen LogP contribution in [0.15, 0.2) is 36.4 Å². The van der Waals surface area contributed by atoms with Crippen LogP contribution in [-0.4, -0.2) is 91.4 Å². The lowest BCUT2D eigenvalue weighted by Gasteiger charge is -2.25. The summed E-state index contributed by atoms with van der Waals surface area (Å²) in [6.45, 7) is 6.90. The predicted molar refractivity (Wildman–Crippen MR) is 151 cm³/mol. The zero-order valence-corrected chi connectivity index (χ0v) is 23.4. The Kier molecular flexibility index (Phi) is 11.2. The van der Waals surface area contributed by atoms with Gasteiger partial charge in [-0.1, -0.05) is 18.2 Å². The largest absolute Gasteiger partial charge is 0.364 e. The van der Waals surface area contributed by atoms with Crippen molar-refractivity contribution >= 4 is 35.0 Å². The molecule has 1 aromatic carbocycles. The van der Waals surface area contributed by atoms with Gasteiger partial charge in [0.25, 0.3) is 5.91 Å². The molecule has 0 aliphatic rings. The number of carbonyl (C=O) groups is 3. The van der Waals surface area contributed by atoms with E-state index in [1.165, 1.54) is 11.0 Å². The number of nitrogens with one attached hydrogen (secondary N) is 2. The summed E-state index contributed by atoms with van der Waals surface area (Å²) in [7, 11) is 7.33. The van der Waals surface area contributed by atoms with Gasteiger partial charge < -0.3 is 31.1 Å². The maximum atomic E-state index is 12.3. The van der Waals surface area contributed by atoms with Crippen LogP contribution >= 0.6 is 0 Å². The number of primary amides is 1. The van der Waals surface area contributed by atoms with E-state index in [0.717, 1.165) is 5.56 Å². The second-order valence-corrected chi connectivity index (χ2v) is 9.68. The van der Waals surface area contributed by atoms with E-state index in [2.05, 4.69) is 20.6 Å². The molecule has 0 saturated heterocycles. The van der Waals surface area contributed by atoms with Crippen LogP contribution in [0.3, 0.4) is 0 Å². The minimum absolute atomic E-state index is 0.0259. The molecule has 1 aromatic heterocycles. The van der Waals surface area contributed by atoms with Crippen LogP contribution in [0.4, 0.5) is 17.3 Å². The molecule has 206 valence electrons. The highest BCUT2D eigenvalue weighted by atomic mass is 16.2. The Morgan fingerprint density at radius 3 is 2.45 bits per heavy atom. The average Bonchev–Trinajstić information content (AvgIpc) is 2.84. The lowest BCUT2D eigenvalue weighted by molar-refractivity contribution is -0.131. The van der Waals surface area contributed by atoms with E-state index in [9.17, 15) is 14.4 Å². The van der Waals surface area contributed by atoms with Crippen molar-refractivity contribution in [1.29, 1.82) is 0 Å². The summed E-state index contributed by atoms with van der Waals surface area (Å²) in [4.78, 5) is 50.8. The van der Waals surface area contributed by atoms with Gasteiger partial charge >= 0.3 is 0 Å². The molecule has 2 rings (SSSR count). The van der Waals surface area contributed by atoms with Crippen LogP contribution in [0.1, 0.15) is 35.6 Å². The van der Waals surface area contributed by atoms with Gasteiger partial charge in [-0.3, -0.25) is 14.4 Å². The Labute approximate surface area is 225 Å². The normalized spacial score (nSPS) is 11.2. The number of hydrogen-bond acceptors (Lipinski definition) is 8. The molecule has 11 heteroatoms. The molecule has 0 radical (unpaired) electrons. The van der Waals surface area contributed by atoms with Crippen molar-refractivity contribution in [2.45, 2.75) is 33.2 Å². The van der Waals surface area contributed by atoms with Gasteiger partial charge in [-0.2, -0.15) is 0 Å². The van der Waals surface area contributed by atoms with Crippen LogP contribution in [0.5, 0.6) is 0 Å². The molecule has 0 fully saturated rings. The van der Waals surface area contributed by atoms with E-state index < -0.39 is 5.91 Å². The second kappa shape index (κ2) is 14.1. The Morgan fingerprint density at radius 2 is 1.82 bits per heavy atom. The smallest absolute Gasteiger partial charge is 0.271 e. The lowest BCUT2D eigenvalue weighted by atomic mass is 10.1. The summed E-state index contributed by atoms with van der Waals surface area (Å²) in [6, 6.07) is 7.76. The number of rotatable bonds is 13. The first-order chi connectivity index (χ1) is 17.9. The topological polar surface area (TPSA) is 137 Å². The quantitative estimate of drug-likeness (QED) is 0.337. The van der Waals surface area contributed by atoms with Gasteiger partial charge in [-0.15, -0.1) is 0 Å². The van der Waals surface area contributed by atoms with Crippen molar-refractivity contribution in [2.75, 3.05) is 58.0 Å². The van der Waals surface area contributed by atoms with Crippen molar-refractivity contribution in [1.82, 2.24) is 25.1 Å². The molecular formula is C27H40N8O3. The molecule has 0 aliphatic carbocycles. The van der Waals surface area contributed by atoms with Crippen LogP contribution in [0, 0.1) is 6.92 Å². The molecule has 3 amide bonds.